The van der Waals surface area contributed by atoms with Gasteiger partial charge in [0.1, 0.15) is 0 Å². The van der Waals surface area contributed by atoms with Crippen LogP contribution >= 0.6 is 23.4 Å². The van der Waals surface area contributed by atoms with E-state index in [9.17, 15) is 4.79 Å². The van der Waals surface area contributed by atoms with Gasteiger partial charge in [0.05, 0.1) is 10.6 Å². The maximum atomic E-state index is 12.1. The molecule has 1 saturated heterocycles. The van der Waals surface area contributed by atoms with Gasteiger partial charge in [0.25, 0.3) is 5.91 Å². The minimum Gasteiger partial charge on any atom is -0.300 e. The summed E-state index contributed by atoms with van der Waals surface area (Å²) in [7, 11) is 0. The third kappa shape index (κ3) is 3.84. The van der Waals surface area contributed by atoms with Crippen LogP contribution in [-0.4, -0.2) is 11.1 Å². The summed E-state index contributed by atoms with van der Waals surface area (Å²) >= 11 is 7.32. The van der Waals surface area contributed by atoms with E-state index in [0.29, 0.717) is 15.1 Å². The molecule has 116 valence electrons. The van der Waals surface area contributed by atoms with E-state index in [4.69, 9.17) is 11.6 Å². The maximum absolute atomic E-state index is 12.1. The van der Waals surface area contributed by atoms with Crippen LogP contribution in [0.25, 0.3) is 6.08 Å². The Hall–Kier alpha value is -2.04. The lowest BCUT2D eigenvalue weighted by atomic mass is 10.1. The third-order valence-electron chi connectivity index (χ3n) is 3.39. The van der Waals surface area contributed by atoms with Crippen molar-refractivity contribution in [1.82, 2.24) is 5.32 Å². The number of amides is 1. The minimum absolute atomic E-state index is 0.136. The summed E-state index contributed by atoms with van der Waals surface area (Å²) < 4.78 is 0. The first kappa shape index (κ1) is 15.8. The van der Waals surface area contributed by atoms with Crippen LogP contribution in [-0.2, 0) is 11.2 Å². The molecule has 0 atom stereocenters. The highest BCUT2D eigenvalue weighted by atomic mass is 35.5. The normalized spacial score (nSPS) is 17.7. The molecule has 2 aromatic carbocycles. The summed E-state index contributed by atoms with van der Waals surface area (Å²) in [4.78, 5) is 17.3. The van der Waals surface area contributed by atoms with E-state index in [-0.39, 0.29) is 5.91 Å². The molecule has 1 aliphatic heterocycles. The third-order valence-corrected chi connectivity index (χ3v) is 4.54. The molecule has 0 unspecified atom stereocenters. The number of nitrogens with zero attached hydrogens (tertiary/aromatic N) is 1. The number of halogens is 1. The molecule has 1 aliphatic rings. The van der Waals surface area contributed by atoms with E-state index in [1.165, 1.54) is 11.8 Å². The first-order chi connectivity index (χ1) is 11.2. The summed E-state index contributed by atoms with van der Waals surface area (Å²) in [6, 6.07) is 15.3. The zero-order chi connectivity index (χ0) is 16.2. The fourth-order valence-electron chi connectivity index (χ4n) is 2.26. The average Bonchev–Trinajstić information content (AvgIpc) is 2.87. The number of benzene rings is 2. The maximum Gasteiger partial charge on any atom is 0.264 e. The molecule has 0 aromatic heterocycles. The van der Waals surface area contributed by atoms with Crippen LogP contribution < -0.4 is 5.32 Å². The van der Waals surface area contributed by atoms with Gasteiger partial charge >= 0.3 is 0 Å². The van der Waals surface area contributed by atoms with Gasteiger partial charge < -0.3 is 5.32 Å². The van der Waals surface area contributed by atoms with Gasteiger partial charge in [-0.2, -0.15) is 0 Å². The number of hydrogen-bond acceptors (Lipinski definition) is 3. The molecule has 0 bridgehead atoms. The van der Waals surface area contributed by atoms with Crippen LogP contribution in [0.3, 0.4) is 0 Å². The van der Waals surface area contributed by atoms with Crippen molar-refractivity contribution in [2.45, 2.75) is 13.3 Å². The Morgan fingerprint density at radius 3 is 2.83 bits per heavy atom. The van der Waals surface area contributed by atoms with E-state index in [0.717, 1.165) is 23.2 Å². The fraction of sp³-hybridized carbons (Fsp3) is 0.111. The van der Waals surface area contributed by atoms with Crippen LogP contribution in [0.2, 0.25) is 5.02 Å². The van der Waals surface area contributed by atoms with Crippen LogP contribution in [0.4, 0.5) is 5.69 Å². The second-order valence-electron chi connectivity index (χ2n) is 5.02. The largest absolute Gasteiger partial charge is 0.300 e. The Kier molecular flexibility index (Phi) is 4.84. The molecule has 0 saturated carbocycles. The number of nitrogens with one attached hydrogen (secondary N) is 1. The predicted molar refractivity (Wildman–Crippen MR) is 98.1 cm³/mol. The summed E-state index contributed by atoms with van der Waals surface area (Å²) in [6.07, 6.45) is 2.72. The minimum atomic E-state index is -0.136. The van der Waals surface area contributed by atoms with Gasteiger partial charge in [-0.25, -0.2) is 4.99 Å². The smallest absolute Gasteiger partial charge is 0.264 e. The van der Waals surface area contributed by atoms with Crippen LogP contribution in [0.5, 0.6) is 0 Å². The molecule has 2 aromatic rings. The second kappa shape index (κ2) is 7.02. The molecule has 0 aliphatic carbocycles. The Balaban J connectivity index is 1.86. The number of rotatable bonds is 3. The standard InChI is InChI=1S/C18H15ClN2OS/c1-2-13-7-3-4-9-15(13)20-18-21-17(22)16(23-18)11-12-6-5-8-14(19)10-12/h3-11H,2H2,1H3,(H,20,21,22)/b16-11-. The first-order valence-electron chi connectivity index (χ1n) is 7.29. The quantitative estimate of drug-likeness (QED) is 0.814. The Morgan fingerprint density at radius 1 is 1.22 bits per heavy atom. The molecular formula is C18H15ClN2OS. The van der Waals surface area contributed by atoms with Crippen molar-refractivity contribution in [3.8, 4) is 0 Å². The van der Waals surface area contributed by atoms with Gasteiger partial charge in [-0.3, -0.25) is 4.79 Å². The van der Waals surface area contributed by atoms with Gasteiger partial charge in [-0.05, 0) is 53.6 Å². The van der Waals surface area contributed by atoms with Gasteiger partial charge in [0.15, 0.2) is 5.17 Å². The predicted octanol–water partition coefficient (Wildman–Crippen LogP) is 4.79. The molecular weight excluding hydrogens is 328 g/mol. The molecule has 1 amide bonds. The summed E-state index contributed by atoms with van der Waals surface area (Å²) in [6.45, 7) is 2.09. The van der Waals surface area contributed by atoms with Crippen molar-refractivity contribution in [3.63, 3.8) is 0 Å². The summed E-state index contributed by atoms with van der Waals surface area (Å²) in [5.41, 5.74) is 2.94. The highest BCUT2D eigenvalue weighted by Gasteiger charge is 2.23. The zero-order valence-corrected chi connectivity index (χ0v) is 14.1. The number of aryl methyl sites for hydroxylation is 1. The molecule has 1 fully saturated rings. The van der Waals surface area contributed by atoms with Gasteiger partial charge in [0, 0.05) is 5.02 Å². The van der Waals surface area contributed by atoms with Crippen molar-refractivity contribution in [2.75, 3.05) is 0 Å². The van der Waals surface area contributed by atoms with Crippen molar-refractivity contribution >= 4 is 46.2 Å². The van der Waals surface area contributed by atoms with Crippen molar-refractivity contribution in [3.05, 3.63) is 69.6 Å². The van der Waals surface area contributed by atoms with E-state index >= 15 is 0 Å². The average molecular weight is 343 g/mol. The molecule has 3 nitrogen and oxygen atoms in total. The molecule has 1 N–H and O–H groups in total. The number of thioether (sulfide) groups is 1. The number of amidine groups is 1. The number of hydrogen-bond donors (Lipinski definition) is 1. The second-order valence-corrected chi connectivity index (χ2v) is 6.49. The Labute approximate surface area is 144 Å². The monoisotopic (exact) mass is 342 g/mol. The topological polar surface area (TPSA) is 41.5 Å². The van der Waals surface area contributed by atoms with E-state index < -0.39 is 0 Å². The van der Waals surface area contributed by atoms with Gasteiger partial charge in [-0.15, -0.1) is 0 Å². The van der Waals surface area contributed by atoms with Gasteiger partial charge in [-0.1, -0.05) is 48.9 Å². The molecule has 23 heavy (non-hydrogen) atoms. The van der Waals surface area contributed by atoms with Crippen LogP contribution in [0.1, 0.15) is 18.1 Å². The van der Waals surface area contributed by atoms with E-state index in [1.807, 2.05) is 48.5 Å². The Morgan fingerprint density at radius 2 is 2.04 bits per heavy atom. The fourth-order valence-corrected chi connectivity index (χ4v) is 3.29. The van der Waals surface area contributed by atoms with Gasteiger partial charge in [0.2, 0.25) is 0 Å². The van der Waals surface area contributed by atoms with Crippen LogP contribution in [0, 0.1) is 0 Å². The highest BCUT2D eigenvalue weighted by molar-refractivity contribution is 8.18. The Bertz CT molecular complexity index is 814. The lowest BCUT2D eigenvalue weighted by Gasteiger charge is -2.02. The lowest BCUT2D eigenvalue weighted by molar-refractivity contribution is -0.115. The molecule has 1 heterocycles. The number of aliphatic imine (C=N–C) groups is 1. The van der Waals surface area contributed by atoms with Crippen molar-refractivity contribution in [1.29, 1.82) is 0 Å². The van der Waals surface area contributed by atoms with E-state index in [1.54, 1.807) is 6.07 Å². The summed E-state index contributed by atoms with van der Waals surface area (Å²) in [5.74, 6) is -0.136. The van der Waals surface area contributed by atoms with E-state index in [2.05, 4.69) is 17.2 Å². The van der Waals surface area contributed by atoms with Crippen molar-refractivity contribution < 1.29 is 4.79 Å². The lowest BCUT2D eigenvalue weighted by Crippen LogP contribution is -2.19. The zero-order valence-electron chi connectivity index (χ0n) is 12.5. The van der Waals surface area contributed by atoms with Crippen molar-refractivity contribution in [2.24, 2.45) is 4.99 Å². The molecule has 3 rings (SSSR count). The van der Waals surface area contributed by atoms with Crippen LogP contribution in [0.15, 0.2) is 58.4 Å². The molecule has 5 heteroatoms. The summed E-state index contributed by atoms with van der Waals surface area (Å²) in [5, 5.41) is 4.06. The SMILES string of the molecule is CCc1ccccc1N=C1NC(=O)/C(=C/c2cccc(Cl)c2)S1. The molecule has 0 radical (unpaired) electrons. The number of para-hydroxylation sites is 1. The molecule has 0 spiro atoms. The highest BCUT2D eigenvalue weighted by Crippen LogP contribution is 2.29. The first-order valence-corrected chi connectivity index (χ1v) is 8.48. The number of carbonyl (C=O) groups excluding carboxylic acids is 1. The number of carbonyl (C=O) groups is 1.